The minimum atomic E-state index is -2.84. The lowest BCUT2D eigenvalue weighted by Gasteiger charge is -2.18. The summed E-state index contributed by atoms with van der Waals surface area (Å²) in [5.41, 5.74) is 0.910. The minimum absolute atomic E-state index is 0.0559. The summed E-state index contributed by atoms with van der Waals surface area (Å²) in [6.45, 7) is 0.490. The molecule has 0 aliphatic carbocycles. The van der Waals surface area contributed by atoms with Gasteiger partial charge in [0.15, 0.2) is 0 Å². The van der Waals surface area contributed by atoms with Crippen LogP contribution in [0.15, 0.2) is 30.3 Å². The highest BCUT2D eigenvalue weighted by molar-refractivity contribution is 5.91. The number of carbonyl (C=O) groups is 3. The van der Waals surface area contributed by atoms with Gasteiger partial charge in [0.05, 0.1) is 5.92 Å². The first-order valence-corrected chi connectivity index (χ1v) is 7.50. The molecule has 130 valence electrons. The number of hydrogen-bond donors (Lipinski definition) is 2. The number of nitrogens with one attached hydrogen (secondary N) is 1. The summed E-state index contributed by atoms with van der Waals surface area (Å²) >= 11 is 0. The Morgan fingerprint density at radius 1 is 1.29 bits per heavy atom. The molecule has 2 unspecified atom stereocenters. The number of benzene rings is 1. The third kappa shape index (κ3) is 4.74. The van der Waals surface area contributed by atoms with Gasteiger partial charge >= 0.3 is 5.97 Å². The number of hydrogen-bond acceptors (Lipinski definition) is 3. The normalized spacial score (nSPS) is 18.7. The number of aliphatic carboxylic acids is 1. The van der Waals surface area contributed by atoms with Crippen molar-refractivity contribution in [3.8, 4) is 0 Å². The van der Waals surface area contributed by atoms with E-state index >= 15 is 0 Å². The molecule has 1 heterocycles. The molecule has 8 heteroatoms. The molecule has 0 radical (unpaired) electrons. The summed E-state index contributed by atoms with van der Waals surface area (Å²) in [5.74, 6) is -3.17. The van der Waals surface area contributed by atoms with Crippen molar-refractivity contribution in [2.45, 2.75) is 31.9 Å². The summed E-state index contributed by atoms with van der Waals surface area (Å²) in [6, 6.07) is 7.56. The van der Waals surface area contributed by atoms with Crippen molar-refractivity contribution in [3.05, 3.63) is 35.9 Å². The van der Waals surface area contributed by atoms with Crippen LogP contribution in [0.25, 0.3) is 0 Å². The maximum absolute atomic E-state index is 12.4. The topological polar surface area (TPSA) is 86.7 Å². The lowest BCUT2D eigenvalue weighted by Crippen LogP contribution is -2.45. The largest absolute Gasteiger partial charge is 0.480 e. The number of carbonyl (C=O) groups excluding carboxylic acids is 2. The van der Waals surface area contributed by atoms with Crippen molar-refractivity contribution in [1.82, 2.24) is 10.2 Å². The van der Waals surface area contributed by atoms with E-state index in [0.29, 0.717) is 6.54 Å². The highest BCUT2D eigenvalue weighted by atomic mass is 19.3. The van der Waals surface area contributed by atoms with Gasteiger partial charge in [0.25, 0.3) is 0 Å². The lowest BCUT2D eigenvalue weighted by molar-refractivity contribution is -0.143. The second kappa shape index (κ2) is 7.85. The van der Waals surface area contributed by atoms with Crippen molar-refractivity contribution in [3.63, 3.8) is 0 Å². The first kappa shape index (κ1) is 17.8. The predicted molar refractivity (Wildman–Crippen MR) is 80.2 cm³/mol. The van der Waals surface area contributed by atoms with Gasteiger partial charge in [-0.15, -0.1) is 0 Å². The average Bonchev–Trinajstić information content (AvgIpc) is 2.88. The number of likely N-dealkylation sites (tertiary alicyclic amines) is 1. The van der Waals surface area contributed by atoms with E-state index in [1.54, 1.807) is 0 Å². The SMILES string of the molecule is O=C(NC(CC(F)F)C(=O)O)C1CC(=O)N(Cc2ccccc2)C1. The molecule has 1 aliphatic rings. The molecule has 2 rings (SSSR count). The molecular formula is C16H18F2N2O4. The Kier molecular flexibility index (Phi) is 5.83. The molecule has 1 fully saturated rings. The van der Waals surface area contributed by atoms with E-state index in [0.717, 1.165) is 5.56 Å². The zero-order chi connectivity index (χ0) is 17.7. The Morgan fingerprint density at radius 3 is 2.54 bits per heavy atom. The third-order valence-electron chi connectivity index (χ3n) is 3.83. The molecule has 2 amide bonds. The zero-order valence-corrected chi connectivity index (χ0v) is 12.8. The molecular weight excluding hydrogens is 322 g/mol. The number of amides is 2. The Balaban J connectivity index is 1.94. The molecule has 2 atom stereocenters. The molecule has 1 aromatic rings. The smallest absolute Gasteiger partial charge is 0.326 e. The monoisotopic (exact) mass is 340 g/mol. The Bertz CT molecular complexity index is 609. The number of halogens is 2. The predicted octanol–water partition coefficient (Wildman–Crippen LogP) is 1.26. The zero-order valence-electron chi connectivity index (χ0n) is 12.8. The quantitative estimate of drug-likeness (QED) is 0.782. The van der Waals surface area contributed by atoms with Gasteiger partial charge < -0.3 is 15.3 Å². The molecule has 0 spiro atoms. The van der Waals surface area contributed by atoms with Crippen molar-refractivity contribution >= 4 is 17.8 Å². The minimum Gasteiger partial charge on any atom is -0.480 e. The van der Waals surface area contributed by atoms with Crippen molar-refractivity contribution in [2.75, 3.05) is 6.54 Å². The molecule has 0 bridgehead atoms. The fourth-order valence-electron chi connectivity index (χ4n) is 2.59. The number of carboxylic acid groups (broad SMARTS) is 1. The first-order valence-electron chi connectivity index (χ1n) is 7.50. The van der Waals surface area contributed by atoms with Gasteiger partial charge in [-0.05, 0) is 5.56 Å². The van der Waals surface area contributed by atoms with Crippen LogP contribution in [0.4, 0.5) is 8.78 Å². The second-order valence-electron chi connectivity index (χ2n) is 5.69. The Hall–Kier alpha value is -2.51. The van der Waals surface area contributed by atoms with E-state index in [1.165, 1.54) is 4.90 Å². The molecule has 24 heavy (non-hydrogen) atoms. The standard InChI is InChI=1S/C16H18F2N2O4/c17-13(18)7-12(16(23)24)19-15(22)11-6-14(21)20(9-11)8-10-4-2-1-3-5-10/h1-5,11-13H,6-9H2,(H,19,22)(H,23,24). The molecule has 2 N–H and O–H groups in total. The van der Waals surface area contributed by atoms with E-state index < -0.39 is 36.7 Å². The molecule has 1 aliphatic heterocycles. The highest BCUT2D eigenvalue weighted by Gasteiger charge is 2.36. The van der Waals surface area contributed by atoms with E-state index in [1.807, 2.05) is 30.3 Å². The van der Waals surface area contributed by atoms with Crippen molar-refractivity contribution in [1.29, 1.82) is 0 Å². The summed E-state index contributed by atoms with van der Waals surface area (Å²) in [5, 5.41) is 11.0. The van der Waals surface area contributed by atoms with Crippen LogP contribution >= 0.6 is 0 Å². The van der Waals surface area contributed by atoms with Crippen LogP contribution in [0, 0.1) is 5.92 Å². The molecule has 0 saturated carbocycles. The molecule has 1 aromatic carbocycles. The number of rotatable bonds is 7. The van der Waals surface area contributed by atoms with E-state index in [2.05, 4.69) is 5.32 Å². The van der Waals surface area contributed by atoms with Crippen LogP contribution in [-0.2, 0) is 20.9 Å². The lowest BCUT2D eigenvalue weighted by atomic mass is 10.1. The number of nitrogens with zero attached hydrogens (tertiary/aromatic N) is 1. The fourth-order valence-corrected chi connectivity index (χ4v) is 2.59. The van der Waals surface area contributed by atoms with Crippen LogP contribution < -0.4 is 5.32 Å². The van der Waals surface area contributed by atoms with Crippen LogP contribution in [0.3, 0.4) is 0 Å². The second-order valence-corrected chi connectivity index (χ2v) is 5.69. The summed E-state index contributed by atoms with van der Waals surface area (Å²) in [6.07, 6.45) is -3.86. The van der Waals surface area contributed by atoms with Crippen molar-refractivity contribution < 1.29 is 28.3 Å². The number of alkyl halides is 2. The van der Waals surface area contributed by atoms with Gasteiger partial charge in [-0.25, -0.2) is 13.6 Å². The highest BCUT2D eigenvalue weighted by Crippen LogP contribution is 2.21. The van der Waals surface area contributed by atoms with Crippen LogP contribution in [0.2, 0.25) is 0 Å². The third-order valence-corrected chi connectivity index (χ3v) is 3.83. The van der Waals surface area contributed by atoms with Gasteiger partial charge in [0.1, 0.15) is 6.04 Å². The Morgan fingerprint density at radius 2 is 1.96 bits per heavy atom. The number of carboxylic acids is 1. The van der Waals surface area contributed by atoms with Gasteiger partial charge in [0, 0.05) is 25.9 Å². The van der Waals surface area contributed by atoms with Gasteiger partial charge in [-0.3, -0.25) is 9.59 Å². The van der Waals surface area contributed by atoms with E-state index in [-0.39, 0.29) is 18.9 Å². The van der Waals surface area contributed by atoms with Gasteiger partial charge in [-0.1, -0.05) is 30.3 Å². The van der Waals surface area contributed by atoms with Crippen LogP contribution in [0.1, 0.15) is 18.4 Å². The molecule has 1 saturated heterocycles. The summed E-state index contributed by atoms with van der Waals surface area (Å²) < 4.78 is 24.7. The van der Waals surface area contributed by atoms with Crippen molar-refractivity contribution in [2.24, 2.45) is 5.92 Å². The maximum atomic E-state index is 12.4. The van der Waals surface area contributed by atoms with Crippen LogP contribution in [-0.4, -0.2) is 46.8 Å². The average molecular weight is 340 g/mol. The summed E-state index contributed by atoms with van der Waals surface area (Å²) in [7, 11) is 0. The van der Waals surface area contributed by atoms with E-state index in [4.69, 9.17) is 5.11 Å². The van der Waals surface area contributed by atoms with Gasteiger partial charge in [0.2, 0.25) is 18.2 Å². The van der Waals surface area contributed by atoms with E-state index in [9.17, 15) is 23.2 Å². The van der Waals surface area contributed by atoms with Crippen LogP contribution in [0.5, 0.6) is 0 Å². The maximum Gasteiger partial charge on any atom is 0.326 e. The summed E-state index contributed by atoms with van der Waals surface area (Å²) in [4.78, 5) is 36.5. The fraction of sp³-hybridized carbons (Fsp3) is 0.438. The Labute approximate surface area is 137 Å². The first-order chi connectivity index (χ1) is 11.4. The molecule has 6 nitrogen and oxygen atoms in total. The van der Waals surface area contributed by atoms with Gasteiger partial charge in [-0.2, -0.15) is 0 Å². The molecule has 0 aromatic heterocycles.